The number of rotatable bonds is 6. The number of para-hydroxylation sites is 1. The van der Waals surface area contributed by atoms with Crippen LogP contribution in [0.2, 0.25) is 5.02 Å². The standard InChI is InChI=1S/C21H20ClN5O/c1-26-13-11-17(24-26)10-12-23-21(28)20-18-4-2-3-5-19(18)27(25-20)14-15-6-8-16(22)9-7-15/h2-9,11,13H,10,12,14H2,1H3,(H,23,28). The summed E-state index contributed by atoms with van der Waals surface area (Å²) in [6.45, 7) is 1.08. The van der Waals surface area contributed by atoms with Crippen LogP contribution in [0.5, 0.6) is 0 Å². The SMILES string of the molecule is Cn1ccc(CCNC(=O)c2nn(Cc3ccc(Cl)cc3)c3ccccc23)n1. The fourth-order valence-corrected chi connectivity index (χ4v) is 3.29. The van der Waals surface area contributed by atoms with E-state index >= 15 is 0 Å². The number of hydrogen-bond donors (Lipinski definition) is 1. The van der Waals surface area contributed by atoms with E-state index in [-0.39, 0.29) is 5.91 Å². The van der Waals surface area contributed by atoms with Gasteiger partial charge >= 0.3 is 0 Å². The Balaban J connectivity index is 1.53. The van der Waals surface area contributed by atoms with Crippen molar-refractivity contribution in [2.75, 3.05) is 6.54 Å². The molecule has 0 spiro atoms. The van der Waals surface area contributed by atoms with Gasteiger partial charge in [0.15, 0.2) is 5.69 Å². The van der Waals surface area contributed by atoms with E-state index in [2.05, 4.69) is 15.5 Å². The third-order valence-electron chi connectivity index (χ3n) is 4.55. The largest absolute Gasteiger partial charge is 0.350 e. The fraction of sp³-hybridized carbons (Fsp3) is 0.190. The van der Waals surface area contributed by atoms with Crippen LogP contribution in [0.25, 0.3) is 10.9 Å². The van der Waals surface area contributed by atoms with Gasteiger partial charge in [0.1, 0.15) is 0 Å². The molecule has 0 bridgehead atoms. The second kappa shape index (κ2) is 7.86. The lowest BCUT2D eigenvalue weighted by Gasteiger charge is -2.04. The molecule has 142 valence electrons. The van der Waals surface area contributed by atoms with Crippen LogP contribution in [0, 0.1) is 0 Å². The molecule has 2 heterocycles. The first-order valence-electron chi connectivity index (χ1n) is 9.07. The Labute approximate surface area is 167 Å². The van der Waals surface area contributed by atoms with Gasteiger partial charge in [-0.3, -0.25) is 14.2 Å². The molecule has 2 aromatic carbocycles. The maximum absolute atomic E-state index is 12.7. The molecule has 0 atom stereocenters. The number of aryl methyl sites for hydroxylation is 1. The Morgan fingerprint density at radius 1 is 1.07 bits per heavy atom. The molecule has 0 aliphatic heterocycles. The highest BCUT2D eigenvalue weighted by atomic mass is 35.5. The summed E-state index contributed by atoms with van der Waals surface area (Å²) in [6.07, 6.45) is 2.57. The Hall–Kier alpha value is -3.12. The van der Waals surface area contributed by atoms with Gasteiger partial charge in [0.05, 0.1) is 17.8 Å². The van der Waals surface area contributed by atoms with Crippen LogP contribution >= 0.6 is 11.6 Å². The number of aromatic nitrogens is 4. The van der Waals surface area contributed by atoms with Gasteiger partial charge in [-0.1, -0.05) is 41.9 Å². The normalized spacial score (nSPS) is 11.1. The van der Waals surface area contributed by atoms with Crippen molar-refractivity contribution in [2.45, 2.75) is 13.0 Å². The van der Waals surface area contributed by atoms with Crippen molar-refractivity contribution in [3.05, 3.63) is 82.8 Å². The molecule has 28 heavy (non-hydrogen) atoms. The monoisotopic (exact) mass is 393 g/mol. The Morgan fingerprint density at radius 2 is 1.86 bits per heavy atom. The first kappa shape index (κ1) is 18.3. The van der Waals surface area contributed by atoms with E-state index in [0.717, 1.165) is 22.2 Å². The molecule has 2 aromatic heterocycles. The lowest BCUT2D eigenvalue weighted by atomic mass is 10.2. The second-order valence-corrected chi connectivity index (χ2v) is 7.07. The van der Waals surface area contributed by atoms with Gasteiger partial charge in [0.25, 0.3) is 5.91 Å². The zero-order valence-corrected chi connectivity index (χ0v) is 16.2. The number of fused-ring (bicyclic) bond motifs is 1. The average Bonchev–Trinajstić information content (AvgIpc) is 3.27. The molecule has 7 heteroatoms. The number of amides is 1. The summed E-state index contributed by atoms with van der Waals surface area (Å²) in [7, 11) is 1.88. The quantitative estimate of drug-likeness (QED) is 0.545. The number of hydrogen-bond acceptors (Lipinski definition) is 3. The maximum atomic E-state index is 12.7. The average molecular weight is 394 g/mol. The number of nitrogens with one attached hydrogen (secondary N) is 1. The minimum absolute atomic E-state index is 0.179. The smallest absolute Gasteiger partial charge is 0.272 e. The zero-order chi connectivity index (χ0) is 19.5. The summed E-state index contributed by atoms with van der Waals surface area (Å²) >= 11 is 5.97. The molecule has 1 amide bonds. The van der Waals surface area contributed by atoms with Gasteiger partial charge in [-0.15, -0.1) is 0 Å². The number of carbonyl (C=O) groups excluding carboxylic acids is 1. The molecule has 0 aliphatic rings. The number of halogens is 1. The molecule has 0 radical (unpaired) electrons. The first-order valence-corrected chi connectivity index (χ1v) is 9.44. The zero-order valence-electron chi connectivity index (χ0n) is 15.5. The van der Waals surface area contributed by atoms with Gasteiger partial charge in [0, 0.05) is 36.6 Å². The highest BCUT2D eigenvalue weighted by Gasteiger charge is 2.17. The molecular weight excluding hydrogens is 374 g/mol. The molecular formula is C21H20ClN5O. The van der Waals surface area contributed by atoms with E-state index in [1.807, 2.05) is 72.5 Å². The van der Waals surface area contributed by atoms with E-state index < -0.39 is 0 Å². The van der Waals surface area contributed by atoms with E-state index in [0.29, 0.717) is 30.2 Å². The van der Waals surface area contributed by atoms with Crippen molar-refractivity contribution < 1.29 is 4.79 Å². The molecule has 0 unspecified atom stereocenters. The van der Waals surface area contributed by atoms with Gasteiger partial charge in [-0.2, -0.15) is 10.2 Å². The molecule has 0 aliphatic carbocycles. The summed E-state index contributed by atoms with van der Waals surface area (Å²) in [6, 6.07) is 17.4. The summed E-state index contributed by atoms with van der Waals surface area (Å²) in [5.74, 6) is -0.179. The lowest BCUT2D eigenvalue weighted by molar-refractivity contribution is 0.0950. The number of carbonyl (C=O) groups is 1. The number of nitrogens with zero attached hydrogens (tertiary/aromatic N) is 4. The summed E-state index contributed by atoms with van der Waals surface area (Å²) in [5, 5.41) is 13.4. The third kappa shape index (κ3) is 3.92. The van der Waals surface area contributed by atoms with Gasteiger partial charge in [-0.25, -0.2) is 0 Å². The number of benzene rings is 2. The first-order chi connectivity index (χ1) is 13.6. The molecule has 4 rings (SSSR count). The Bertz CT molecular complexity index is 1110. The lowest BCUT2D eigenvalue weighted by Crippen LogP contribution is -2.26. The van der Waals surface area contributed by atoms with Gasteiger partial charge in [-0.05, 0) is 29.8 Å². The second-order valence-electron chi connectivity index (χ2n) is 6.64. The molecule has 0 saturated carbocycles. The Kier molecular flexibility index (Phi) is 5.12. The van der Waals surface area contributed by atoms with Crippen molar-refractivity contribution >= 4 is 28.4 Å². The summed E-state index contributed by atoms with van der Waals surface area (Å²) in [5.41, 5.74) is 3.37. The molecule has 1 N–H and O–H groups in total. The highest BCUT2D eigenvalue weighted by molar-refractivity contribution is 6.30. The van der Waals surface area contributed by atoms with Crippen molar-refractivity contribution in [1.29, 1.82) is 0 Å². The van der Waals surface area contributed by atoms with Crippen molar-refractivity contribution in [2.24, 2.45) is 7.05 Å². The summed E-state index contributed by atoms with van der Waals surface area (Å²) < 4.78 is 3.61. The van der Waals surface area contributed by atoms with E-state index in [1.165, 1.54) is 0 Å². The molecule has 4 aromatic rings. The predicted octanol–water partition coefficient (Wildman–Crippen LogP) is 3.44. The minimum Gasteiger partial charge on any atom is -0.350 e. The van der Waals surface area contributed by atoms with E-state index in [1.54, 1.807) is 4.68 Å². The predicted molar refractivity (Wildman–Crippen MR) is 110 cm³/mol. The van der Waals surface area contributed by atoms with Gasteiger partial charge in [0.2, 0.25) is 0 Å². The minimum atomic E-state index is -0.179. The molecule has 0 saturated heterocycles. The van der Waals surface area contributed by atoms with Gasteiger partial charge < -0.3 is 5.32 Å². The van der Waals surface area contributed by atoms with E-state index in [9.17, 15) is 4.79 Å². The van der Waals surface area contributed by atoms with E-state index in [4.69, 9.17) is 11.6 Å². The molecule has 6 nitrogen and oxygen atoms in total. The van der Waals surface area contributed by atoms with Crippen LogP contribution in [0.3, 0.4) is 0 Å². The van der Waals surface area contributed by atoms with Crippen LogP contribution in [-0.2, 0) is 20.0 Å². The van der Waals surface area contributed by atoms with Crippen molar-refractivity contribution in [1.82, 2.24) is 24.9 Å². The summed E-state index contributed by atoms with van der Waals surface area (Å²) in [4.78, 5) is 12.7. The van der Waals surface area contributed by atoms with Crippen LogP contribution in [0.1, 0.15) is 21.7 Å². The van der Waals surface area contributed by atoms with Crippen molar-refractivity contribution in [3.63, 3.8) is 0 Å². The third-order valence-corrected chi connectivity index (χ3v) is 4.81. The highest BCUT2D eigenvalue weighted by Crippen LogP contribution is 2.20. The van der Waals surface area contributed by atoms with Crippen LogP contribution in [0.4, 0.5) is 0 Å². The molecule has 0 fully saturated rings. The Morgan fingerprint density at radius 3 is 2.61 bits per heavy atom. The maximum Gasteiger partial charge on any atom is 0.272 e. The van der Waals surface area contributed by atoms with Crippen LogP contribution in [0.15, 0.2) is 60.8 Å². The fourth-order valence-electron chi connectivity index (χ4n) is 3.16. The topological polar surface area (TPSA) is 64.7 Å². The van der Waals surface area contributed by atoms with Crippen LogP contribution < -0.4 is 5.32 Å². The van der Waals surface area contributed by atoms with Crippen LogP contribution in [-0.4, -0.2) is 32.0 Å². The van der Waals surface area contributed by atoms with Crippen molar-refractivity contribution in [3.8, 4) is 0 Å².